The third kappa shape index (κ3) is 3.31. The fourth-order valence-corrected chi connectivity index (χ4v) is 5.07. The molecule has 0 aromatic carbocycles. The topological polar surface area (TPSA) is 15.7 Å². The molecule has 2 rings (SSSR count). The highest BCUT2D eigenvalue weighted by atomic mass is 28.2. The van der Waals surface area contributed by atoms with Crippen LogP contribution in [-0.4, -0.2) is 44.5 Å². The molecule has 1 atom stereocenters. The van der Waals surface area contributed by atoms with Gasteiger partial charge in [-0.05, 0) is 32.7 Å². The maximum Gasteiger partial charge on any atom is 0.179 e. The molecule has 0 radical (unpaired) electrons. The van der Waals surface area contributed by atoms with Crippen LogP contribution in [-0.2, 0) is 4.74 Å². The standard InChI is InChI=1S/C13H28N2OSi/c1-3-5-11-14-13(16-4-2)15(17-14)12-9-7-6-8-10-12/h12-13H,3-11,17H2,1-2H3. The molecule has 1 heterocycles. The average Bonchev–Trinajstić information content (AvgIpc) is 2.36. The van der Waals surface area contributed by atoms with Crippen molar-refractivity contribution in [3.63, 3.8) is 0 Å². The van der Waals surface area contributed by atoms with Crippen LogP contribution in [0.4, 0.5) is 0 Å². The summed E-state index contributed by atoms with van der Waals surface area (Å²) >= 11 is 0. The molecule has 0 amide bonds. The lowest BCUT2D eigenvalue weighted by atomic mass is 9.95. The summed E-state index contributed by atoms with van der Waals surface area (Å²) in [6.07, 6.45) is 10.1. The van der Waals surface area contributed by atoms with Gasteiger partial charge in [0, 0.05) is 12.6 Å². The molecule has 0 bridgehead atoms. The molecule has 1 aliphatic carbocycles. The van der Waals surface area contributed by atoms with E-state index in [2.05, 4.69) is 23.0 Å². The zero-order chi connectivity index (χ0) is 12.1. The maximum absolute atomic E-state index is 5.94. The predicted molar refractivity (Wildman–Crippen MR) is 74.3 cm³/mol. The van der Waals surface area contributed by atoms with Gasteiger partial charge in [-0.25, -0.2) is 0 Å². The first-order valence-electron chi connectivity index (χ1n) is 7.48. The summed E-state index contributed by atoms with van der Waals surface area (Å²) in [5, 5.41) is 0. The Labute approximate surface area is 108 Å². The Bertz CT molecular complexity index is 221. The minimum atomic E-state index is -0.158. The molecule has 0 aromatic heterocycles. The summed E-state index contributed by atoms with van der Waals surface area (Å²) in [5.74, 6) is 0. The minimum Gasteiger partial charge on any atom is -0.351 e. The number of hydrogen-bond donors (Lipinski definition) is 0. The van der Waals surface area contributed by atoms with E-state index in [1.54, 1.807) is 0 Å². The molecule has 4 heteroatoms. The Kier molecular flexibility index (Phi) is 5.47. The lowest BCUT2D eigenvalue weighted by Gasteiger charge is -2.54. The molecule has 100 valence electrons. The van der Waals surface area contributed by atoms with E-state index in [0.717, 1.165) is 12.6 Å². The largest absolute Gasteiger partial charge is 0.351 e. The van der Waals surface area contributed by atoms with Crippen LogP contribution in [0.15, 0.2) is 0 Å². The van der Waals surface area contributed by atoms with Gasteiger partial charge in [-0.2, -0.15) is 0 Å². The van der Waals surface area contributed by atoms with Crippen molar-refractivity contribution in [1.82, 2.24) is 9.13 Å². The van der Waals surface area contributed by atoms with Crippen molar-refractivity contribution < 1.29 is 4.74 Å². The Morgan fingerprint density at radius 3 is 2.59 bits per heavy atom. The van der Waals surface area contributed by atoms with Gasteiger partial charge in [0.05, 0.1) is 0 Å². The van der Waals surface area contributed by atoms with Gasteiger partial charge in [0.25, 0.3) is 0 Å². The summed E-state index contributed by atoms with van der Waals surface area (Å²) in [7, 11) is -0.158. The first-order chi connectivity index (χ1) is 8.36. The van der Waals surface area contributed by atoms with Gasteiger partial charge in [0.2, 0.25) is 0 Å². The predicted octanol–water partition coefficient (Wildman–Crippen LogP) is 2.06. The summed E-state index contributed by atoms with van der Waals surface area (Å²) in [4.78, 5) is 0. The number of rotatable bonds is 6. The van der Waals surface area contributed by atoms with Gasteiger partial charge >= 0.3 is 0 Å². The Balaban J connectivity index is 1.81. The molecule has 1 saturated heterocycles. The molecule has 3 nitrogen and oxygen atoms in total. The first-order valence-corrected chi connectivity index (χ1v) is 8.74. The summed E-state index contributed by atoms with van der Waals surface area (Å²) in [5.41, 5.74) is 0. The molecule has 17 heavy (non-hydrogen) atoms. The van der Waals surface area contributed by atoms with Crippen LogP contribution in [0, 0.1) is 0 Å². The second-order valence-corrected chi connectivity index (χ2v) is 7.22. The van der Waals surface area contributed by atoms with Crippen molar-refractivity contribution in [1.29, 1.82) is 0 Å². The zero-order valence-corrected chi connectivity index (χ0v) is 12.9. The monoisotopic (exact) mass is 256 g/mol. The van der Waals surface area contributed by atoms with Gasteiger partial charge < -0.3 is 4.74 Å². The van der Waals surface area contributed by atoms with E-state index in [9.17, 15) is 0 Å². The van der Waals surface area contributed by atoms with E-state index in [4.69, 9.17) is 4.74 Å². The number of ether oxygens (including phenoxy) is 1. The fourth-order valence-electron chi connectivity index (χ4n) is 3.06. The van der Waals surface area contributed by atoms with E-state index in [0.29, 0.717) is 6.35 Å². The Morgan fingerprint density at radius 2 is 1.94 bits per heavy atom. The van der Waals surface area contributed by atoms with E-state index in [-0.39, 0.29) is 9.84 Å². The molecule has 2 aliphatic rings. The normalized spacial score (nSPS) is 29.6. The van der Waals surface area contributed by atoms with Gasteiger partial charge in [-0.15, -0.1) is 0 Å². The van der Waals surface area contributed by atoms with Crippen LogP contribution in [0.2, 0.25) is 0 Å². The van der Waals surface area contributed by atoms with Gasteiger partial charge in [0.15, 0.2) is 16.2 Å². The maximum atomic E-state index is 5.94. The van der Waals surface area contributed by atoms with Crippen molar-refractivity contribution in [2.75, 3.05) is 13.2 Å². The van der Waals surface area contributed by atoms with Crippen molar-refractivity contribution in [3.8, 4) is 0 Å². The molecular formula is C13H28N2OSi. The summed E-state index contributed by atoms with van der Waals surface area (Å²) < 4.78 is 11.3. The van der Waals surface area contributed by atoms with E-state index >= 15 is 0 Å². The number of nitrogens with zero attached hydrogens (tertiary/aromatic N) is 2. The average molecular weight is 256 g/mol. The molecule has 2 fully saturated rings. The van der Waals surface area contributed by atoms with Crippen molar-refractivity contribution in [2.24, 2.45) is 0 Å². The van der Waals surface area contributed by atoms with Crippen molar-refractivity contribution in [2.45, 2.75) is 71.2 Å². The SMILES string of the molecule is CCCCN1[SiH2]N(C2CCCCC2)C1OCC. The number of unbranched alkanes of at least 4 members (excludes halogenated alkanes) is 1. The molecular weight excluding hydrogens is 228 g/mol. The van der Waals surface area contributed by atoms with Crippen LogP contribution >= 0.6 is 0 Å². The molecule has 0 spiro atoms. The number of hydrogen-bond acceptors (Lipinski definition) is 3. The lowest BCUT2D eigenvalue weighted by Crippen LogP contribution is -2.70. The van der Waals surface area contributed by atoms with E-state index in [1.165, 1.54) is 51.5 Å². The Morgan fingerprint density at radius 1 is 1.18 bits per heavy atom. The first kappa shape index (κ1) is 13.5. The lowest BCUT2D eigenvalue weighted by molar-refractivity contribution is -0.148. The van der Waals surface area contributed by atoms with Gasteiger partial charge in [-0.3, -0.25) is 9.13 Å². The van der Waals surface area contributed by atoms with Crippen LogP contribution < -0.4 is 0 Å². The molecule has 1 unspecified atom stereocenters. The second-order valence-electron chi connectivity index (χ2n) is 5.40. The summed E-state index contributed by atoms with van der Waals surface area (Å²) in [6.45, 7) is 6.51. The highest BCUT2D eigenvalue weighted by molar-refractivity contribution is 6.32. The third-order valence-electron chi connectivity index (χ3n) is 4.10. The molecule has 0 aromatic rings. The van der Waals surface area contributed by atoms with Crippen molar-refractivity contribution >= 4 is 9.84 Å². The quantitative estimate of drug-likeness (QED) is 0.677. The van der Waals surface area contributed by atoms with E-state index in [1.807, 2.05) is 0 Å². The van der Waals surface area contributed by atoms with Gasteiger partial charge in [0.1, 0.15) is 0 Å². The smallest absolute Gasteiger partial charge is 0.179 e. The van der Waals surface area contributed by atoms with E-state index < -0.39 is 0 Å². The highest BCUT2D eigenvalue weighted by Gasteiger charge is 2.41. The second kappa shape index (κ2) is 6.88. The fraction of sp³-hybridized carbons (Fsp3) is 1.00. The van der Waals surface area contributed by atoms with Crippen LogP contribution in [0.25, 0.3) is 0 Å². The summed E-state index contributed by atoms with van der Waals surface area (Å²) in [6, 6.07) is 0.852. The molecule has 1 saturated carbocycles. The highest BCUT2D eigenvalue weighted by Crippen LogP contribution is 2.29. The van der Waals surface area contributed by atoms with Crippen LogP contribution in [0.3, 0.4) is 0 Å². The Hall–Kier alpha value is 0.0969. The van der Waals surface area contributed by atoms with Crippen molar-refractivity contribution in [3.05, 3.63) is 0 Å². The van der Waals surface area contributed by atoms with Crippen LogP contribution in [0.1, 0.15) is 58.8 Å². The third-order valence-corrected chi connectivity index (χ3v) is 6.25. The molecule has 1 aliphatic heterocycles. The van der Waals surface area contributed by atoms with Crippen LogP contribution in [0.5, 0.6) is 0 Å². The zero-order valence-electron chi connectivity index (χ0n) is 11.5. The molecule has 0 N–H and O–H groups in total. The van der Waals surface area contributed by atoms with Gasteiger partial charge in [-0.1, -0.05) is 32.6 Å². The minimum absolute atomic E-state index is 0.158.